The maximum atomic E-state index is 6.10. The Balaban J connectivity index is 1.65. The van der Waals surface area contributed by atoms with Crippen LogP contribution in [0.4, 0.5) is 11.4 Å². The van der Waals surface area contributed by atoms with Crippen LogP contribution in [0.3, 0.4) is 0 Å². The van der Waals surface area contributed by atoms with Crippen molar-refractivity contribution in [1.29, 1.82) is 0 Å². The van der Waals surface area contributed by atoms with E-state index in [0.717, 1.165) is 36.0 Å². The normalized spacial score (nSPS) is 17.5. The first-order valence-electron chi connectivity index (χ1n) is 8.59. The maximum absolute atomic E-state index is 6.10. The molecule has 0 saturated carbocycles. The third kappa shape index (κ3) is 4.25. The number of anilines is 2. The lowest BCUT2D eigenvalue weighted by molar-refractivity contribution is 0.342. The molecule has 0 radical (unpaired) electrons. The lowest BCUT2D eigenvalue weighted by Gasteiger charge is -2.42. The van der Waals surface area contributed by atoms with Crippen LogP contribution < -0.4 is 10.2 Å². The molecule has 1 aliphatic heterocycles. The topological polar surface area (TPSA) is 18.5 Å². The van der Waals surface area contributed by atoms with E-state index < -0.39 is 0 Å². The number of hydrogen-bond acceptors (Lipinski definition) is 2. The summed E-state index contributed by atoms with van der Waals surface area (Å²) in [6, 6.07) is 15.0. The van der Waals surface area contributed by atoms with Crippen LogP contribution in [0.5, 0.6) is 0 Å². The van der Waals surface area contributed by atoms with Crippen LogP contribution >= 0.6 is 23.8 Å². The average molecular weight is 374 g/mol. The molecule has 0 bridgehead atoms. The van der Waals surface area contributed by atoms with Gasteiger partial charge in [0.2, 0.25) is 0 Å². The lowest BCUT2D eigenvalue weighted by atomic mass is 10.1. The van der Waals surface area contributed by atoms with Gasteiger partial charge in [-0.25, -0.2) is 0 Å². The number of hydrogen-bond donors (Lipinski definition) is 1. The summed E-state index contributed by atoms with van der Waals surface area (Å²) in [5, 5.41) is 4.84. The number of nitrogens with zero attached hydrogens (tertiary/aromatic N) is 2. The second-order valence-electron chi connectivity index (χ2n) is 6.71. The van der Waals surface area contributed by atoms with E-state index in [9.17, 15) is 0 Å². The van der Waals surface area contributed by atoms with Crippen molar-refractivity contribution in [3.8, 4) is 0 Å². The zero-order chi connectivity index (χ0) is 18.0. The molecule has 0 aromatic heterocycles. The molecule has 0 aliphatic carbocycles. The first-order chi connectivity index (χ1) is 11.9. The minimum absolute atomic E-state index is 0.400. The van der Waals surface area contributed by atoms with Crippen molar-refractivity contribution in [1.82, 2.24) is 4.90 Å². The Morgan fingerprint density at radius 3 is 2.52 bits per heavy atom. The molecule has 0 amide bonds. The Kier molecular flexibility index (Phi) is 5.50. The van der Waals surface area contributed by atoms with E-state index in [1.165, 1.54) is 11.3 Å². The van der Waals surface area contributed by atoms with Crippen molar-refractivity contribution >= 4 is 40.3 Å². The van der Waals surface area contributed by atoms with Crippen LogP contribution in [0.2, 0.25) is 5.02 Å². The van der Waals surface area contributed by atoms with Gasteiger partial charge in [-0.05, 0) is 62.8 Å². The number of benzene rings is 2. The second-order valence-corrected chi connectivity index (χ2v) is 7.54. The highest BCUT2D eigenvalue weighted by Gasteiger charge is 2.25. The molecule has 1 heterocycles. The molecule has 0 spiro atoms. The first-order valence-corrected chi connectivity index (χ1v) is 9.38. The monoisotopic (exact) mass is 373 g/mol. The van der Waals surface area contributed by atoms with Crippen molar-refractivity contribution in [3.05, 3.63) is 58.6 Å². The molecule has 1 fully saturated rings. The fourth-order valence-electron chi connectivity index (χ4n) is 3.19. The fraction of sp³-hybridized carbons (Fsp3) is 0.350. The molecule has 1 N–H and O–H groups in total. The highest BCUT2D eigenvalue weighted by atomic mass is 35.5. The quantitative estimate of drug-likeness (QED) is 0.757. The van der Waals surface area contributed by atoms with Gasteiger partial charge in [0.15, 0.2) is 5.11 Å². The van der Waals surface area contributed by atoms with E-state index in [0.29, 0.717) is 11.1 Å². The summed E-state index contributed by atoms with van der Waals surface area (Å²) in [5.41, 5.74) is 4.68. The van der Waals surface area contributed by atoms with Gasteiger partial charge < -0.3 is 15.1 Å². The van der Waals surface area contributed by atoms with Gasteiger partial charge in [-0.1, -0.05) is 35.4 Å². The molecular formula is C20H24ClN3S. The SMILES string of the molecule is Cc1ccc(N2CCN(C(=S)Nc3cc(Cl)ccc3C)CC2C)cc1. The molecule has 5 heteroatoms. The first kappa shape index (κ1) is 18.0. The van der Waals surface area contributed by atoms with Gasteiger partial charge in [0.25, 0.3) is 0 Å². The molecule has 1 unspecified atom stereocenters. The molecule has 3 nitrogen and oxygen atoms in total. The van der Waals surface area contributed by atoms with Crippen molar-refractivity contribution in [2.75, 3.05) is 29.9 Å². The molecule has 1 aliphatic rings. The predicted octanol–water partition coefficient (Wildman–Crippen LogP) is 4.86. The Bertz CT molecular complexity index is 760. The van der Waals surface area contributed by atoms with Gasteiger partial charge in [-0.2, -0.15) is 0 Å². The van der Waals surface area contributed by atoms with Crippen LogP contribution in [-0.2, 0) is 0 Å². The third-order valence-electron chi connectivity index (χ3n) is 4.72. The van der Waals surface area contributed by atoms with Gasteiger partial charge in [0.1, 0.15) is 0 Å². The lowest BCUT2D eigenvalue weighted by Crippen LogP contribution is -2.54. The average Bonchev–Trinajstić information content (AvgIpc) is 2.59. The van der Waals surface area contributed by atoms with Gasteiger partial charge in [-0.15, -0.1) is 0 Å². The smallest absolute Gasteiger partial charge is 0.173 e. The molecular weight excluding hydrogens is 350 g/mol. The summed E-state index contributed by atoms with van der Waals surface area (Å²) < 4.78 is 0. The molecule has 3 rings (SSSR count). The van der Waals surface area contributed by atoms with Gasteiger partial charge in [0.05, 0.1) is 0 Å². The zero-order valence-corrected chi connectivity index (χ0v) is 16.5. The number of rotatable bonds is 2. The fourth-order valence-corrected chi connectivity index (χ4v) is 3.63. The third-order valence-corrected chi connectivity index (χ3v) is 5.32. The molecule has 25 heavy (non-hydrogen) atoms. The number of thiocarbonyl (C=S) groups is 1. The van der Waals surface area contributed by atoms with Crippen molar-refractivity contribution in [2.24, 2.45) is 0 Å². The van der Waals surface area contributed by atoms with E-state index in [1.54, 1.807) is 0 Å². The Hall–Kier alpha value is -1.78. The minimum Gasteiger partial charge on any atom is -0.365 e. The van der Waals surface area contributed by atoms with Crippen molar-refractivity contribution in [3.63, 3.8) is 0 Å². The van der Waals surface area contributed by atoms with Crippen LogP contribution in [0.25, 0.3) is 0 Å². The summed E-state index contributed by atoms with van der Waals surface area (Å²) in [5.74, 6) is 0. The van der Waals surface area contributed by atoms with E-state index in [1.807, 2.05) is 18.2 Å². The maximum Gasteiger partial charge on any atom is 0.173 e. The molecule has 2 aromatic rings. The van der Waals surface area contributed by atoms with Gasteiger partial charge in [-0.3, -0.25) is 0 Å². The predicted molar refractivity (Wildman–Crippen MR) is 112 cm³/mol. The highest BCUT2D eigenvalue weighted by Crippen LogP contribution is 2.23. The Labute approximate surface area is 160 Å². The van der Waals surface area contributed by atoms with Gasteiger partial charge >= 0.3 is 0 Å². The number of piperazine rings is 1. The summed E-state index contributed by atoms with van der Waals surface area (Å²) in [7, 11) is 0. The number of aryl methyl sites for hydroxylation is 2. The van der Waals surface area contributed by atoms with Crippen LogP contribution in [0.1, 0.15) is 18.1 Å². The Morgan fingerprint density at radius 1 is 1.12 bits per heavy atom. The molecule has 1 atom stereocenters. The number of nitrogens with one attached hydrogen (secondary N) is 1. The van der Waals surface area contributed by atoms with Gasteiger partial charge in [0, 0.05) is 42.1 Å². The summed E-state index contributed by atoms with van der Waals surface area (Å²) in [4.78, 5) is 4.69. The molecule has 2 aromatic carbocycles. The highest BCUT2D eigenvalue weighted by molar-refractivity contribution is 7.80. The Morgan fingerprint density at radius 2 is 1.84 bits per heavy atom. The van der Waals surface area contributed by atoms with Crippen LogP contribution in [-0.4, -0.2) is 35.7 Å². The van der Waals surface area contributed by atoms with E-state index in [4.69, 9.17) is 23.8 Å². The van der Waals surface area contributed by atoms with E-state index in [-0.39, 0.29) is 0 Å². The zero-order valence-electron chi connectivity index (χ0n) is 14.9. The van der Waals surface area contributed by atoms with E-state index >= 15 is 0 Å². The van der Waals surface area contributed by atoms with Crippen molar-refractivity contribution in [2.45, 2.75) is 26.8 Å². The summed E-state index contributed by atoms with van der Waals surface area (Å²) in [6.45, 7) is 9.19. The molecule has 1 saturated heterocycles. The standard InChI is InChI=1S/C20H24ClN3S/c1-14-4-8-18(9-5-14)24-11-10-23(13-16(24)3)20(25)22-19-12-17(21)7-6-15(19)2/h4-9,12,16H,10-11,13H2,1-3H3,(H,22,25). The van der Waals surface area contributed by atoms with Crippen LogP contribution in [0.15, 0.2) is 42.5 Å². The van der Waals surface area contributed by atoms with E-state index in [2.05, 4.69) is 60.2 Å². The van der Waals surface area contributed by atoms with Crippen LogP contribution in [0, 0.1) is 13.8 Å². The van der Waals surface area contributed by atoms with Crippen molar-refractivity contribution < 1.29 is 0 Å². The molecule has 132 valence electrons. The minimum atomic E-state index is 0.400. The summed E-state index contributed by atoms with van der Waals surface area (Å²) >= 11 is 11.7. The number of halogens is 1. The second kappa shape index (κ2) is 7.63. The largest absolute Gasteiger partial charge is 0.365 e. The summed E-state index contributed by atoms with van der Waals surface area (Å²) in [6.07, 6.45) is 0.